The van der Waals surface area contributed by atoms with Gasteiger partial charge in [0.1, 0.15) is 6.04 Å². The van der Waals surface area contributed by atoms with E-state index in [2.05, 4.69) is 36.5 Å². The molecule has 0 aliphatic rings. The van der Waals surface area contributed by atoms with Crippen LogP contribution in [0.4, 0.5) is 0 Å². The topological polar surface area (TPSA) is 49.4 Å². The number of carbonyl (C=O) groups is 2. The predicted octanol–water partition coefficient (Wildman–Crippen LogP) is 4.90. The summed E-state index contributed by atoms with van der Waals surface area (Å²) < 4.78 is 0. The lowest BCUT2D eigenvalue weighted by atomic mass is 10.0. The lowest BCUT2D eigenvalue weighted by molar-refractivity contribution is -0.141. The van der Waals surface area contributed by atoms with Crippen LogP contribution in [0.2, 0.25) is 0 Å². The van der Waals surface area contributed by atoms with Gasteiger partial charge in [0, 0.05) is 19.0 Å². The van der Waals surface area contributed by atoms with Gasteiger partial charge in [-0.1, -0.05) is 75.4 Å². The summed E-state index contributed by atoms with van der Waals surface area (Å²) in [6, 6.07) is 18.0. The van der Waals surface area contributed by atoms with Crippen molar-refractivity contribution in [1.29, 1.82) is 0 Å². The number of benzene rings is 2. The average molecular weight is 409 g/mol. The Bertz CT molecular complexity index is 786. The van der Waals surface area contributed by atoms with E-state index in [1.165, 1.54) is 5.56 Å². The molecule has 0 aliphatic carbocycles. The molecular formula is C26H36N2O2. The van der Waals surface area contributed by atoms with Crippen molar-refractivity contribution in [2.45, 2.75) is 78.4 Å². The third-order valence-electron chi connectivity index (χ3n) is 5.64. The predicted molar refractivity (Wildman–Crippen MR) is 123 cm³/mol. The molecule has 0 radical (unpaired) electrons. The van der Waals surface area contributed by atoms with E-state index in [0.29, 0.717) is 25.8 Å². The van der Waals surface area contributed by atoms with Crippen molar-refractivity contribution in [2.24, 2.45) is 0 Å². The number of rotatable bonds is 11. The molecule has 2 aromatic rings. The SMILES string of the molecule is CCc1ccc(CCC(=O)N(Cc2ccccc2)[C@@H](CC)C(=O)N[C@@H](C)CC)cc1. The minimum Gasteiger partial charge on any atom is -0.352 e. The maximum atomic E-state index is 13.3. The van der Waals surface area contributed by atoms with Crippen LogP contribution in [-0.4, -0.2) is 28.8 Å². The standard InChI is InChI=1S/C26H36N2O2/c1-5-20(4)27-26(30)24(7-3)28(19-23-11-9-8-10-12-23)25(29)18-17-22-15-13-21(6-2)14-16-22/h8-16,20,24H,5-7,17-19H2,1-4H3,(H,27,30)/t20-,24-/m0/s1. The number of hydrogen-bond acceptors (Lipinski definition) is 2. The van der Waals surface area contributed by atoms with Crippen LogP contribution in [-0.2, 0) is 29.0 Å². The Morgan fingerprint density at radius 2 is 1.50 bits per heavy atom. The fourth-order valence-corrected chi connectivity index (χ4v) is 3.48. The Morgan fingerprint density at radius 1 is 0.867 bits per heavy atom. The molecule has 0 aromatic heterocycles. The average Bonchev–Trinajstić information content (AvgIpc) is 2.78. The van der Waals surface area contributed by atoms with Crippen molar-refractivity contribution in [3.8, 4) is 0 Å². The third kappa shape index (κ3) is 7.01. The molecular weight excluding hydrogens is 372 g/mol. The molecule has 0 fully saturated rings. The Kier molecular flexibility index (Phi) is 9.59. The van der Waals surface area contributed by atoms with E-state index < -0.39 is 6.04 Å². The second-order valence-corrected chi connectivity index (χ2v) is 7.92. The highest BCUT2D eigenvalue weighted by Crippen LogP contribution is 2.16. The Hall–Kier alpha value is -2.62. The molecule has 2 amide bonds. The van der Waals surface area contributed by atoms with Crippen LogP contribution in [0, 0.1) is 0 Å². The lowest BCUT2D eigenvalue weighted by Gasteiger charge is -2.31. The van der Waals surface area contributed by atoms with Crippen molar-refractivity contribution in [3.63, 3.8) is 0 Å². The van der Waals surface area contributed by atoms with Gasteiger partial charge in [-0.2, -0.15) is 0 Å². The molecule has 2 atom stereocenters. The summed E-state index contributed by atoms with van der Waals surface area (Å²) in [4.78, 5) is 27.9. The van der Waals surface area contributed by atoms with Gasteiger partial charge in [0.05, 0.1) is 0 Å². The molecule has 1 N–H and O–H groups in total. The molecule has 0 bridgehead atoms. The fourth-order valence-electron chi connectivity index (χ4n) is 3.48. The summed E-state index contributed by atoms with van der Waals surface area (Å²) in [6.45, 7) is 8.59. The van der Waals surface area contributed by atoms with Crippen LogP contribution in [0.1, 0.15) is 63.6 Å². The summed E-state index contributed by atoms with van der Waals surface area (Å²) in [6.07, 6.45) is 3.53. The summed E-state index contributed by atoms with van der Waals surface area (Å²) in [5.74, 6) is -0.0481. The Morgan fingerprint density at radius 3 is 2.07 bits per heavy atom. The second-order valence-electron chi connectivity index (χ2n) is 7.92. The van der Waals surface area contributed by atoms with Gasteiger partial charge in [-0.25, -0.2) is 0 Å². The van der Waals surface area contributed by atoms with Gasteiger partial charge < -0.3 is 10.2 Å². The first-order valence-electron chi connectivity index (χ1n) is 11.2. The zero-order chi connectivity index (χ0) is 21.9. The molecule has 4 heteroatoms. The van der Waals surface area contributed by atoms with Gasteiger partial charge in [-0.15, -0.1) is 0 Å². The molecule has 2 rings (SSSR count). The van der Waals surface area contributed by atoms with E-state index in [-0.39, 0.29) is 17.9 Å². The van der Waals surface area contributed by atoms with E-state index in [0.717, 1.165) is 24.0 Å². The summed E-state index contributed by atoms with van der Waals surface area (Å²) in [5, 5.41) is 3.06. The highest BCUT2D eigenvalue weighted by Gasteiger charge is 2.28. The molecule has 0 saturated carbocycles. The van der Waals surface area contributed by atoms with Crippen molar-refractivity contribution >= 4 is 11.8 Å². The molecule has 162 valence electrons. The van der Waals surface area contributed by atoms with E-state index >= 15 is 0 Å². The lowest BCUT2D eigenvalue weighted by Crippen LogP contribution is -2.50. The summed E-state index contributed by atoms with van der Waals surface area (Å²) in [7, 11) is 0. The first kappa shape index (κ1) is 23.7. The highest BCUT2D eigenvalue weighted by molar-refractivity contribution is 5.87. The van der Waals surface area contributed by atoms with E-state index in [1.54, 1.807) is 4.90 Å². The molecule has 0 heterocycles. The van der Waals surface area contributed by atoms with Crippen LogP contribution in [0.5, 0.6) is 0 Å². The molecule has 0 saturated heterocycles. The maximum Gasteiger partial charge on any atom is 0.243 e. The second kappa shape index (κ2) is 12.2. The number of aryl methyl sites for hydroxylation is 2. The zero-order valence-electron chi connectivity index (χ0n) is 18.9. The van der Waals surface area contributed by atoms with Crippen LogP contribution in [0.25, 0.3) is 0 Å². The fraction of sp³-hybridized carbons (Fsp3) is 0.462. The Labute approximate surface area is 181 Å². The third-order valence-corrected chi connectivity index (χ3v) is 5.64. The molecule has 0 spiro atoms. The van der Waals surface area contributed by atoms with Crippen molar-refractivity contribution in [3.05, 3.63) is 71.3 Å². The molecule has 4 nitrogen and oxygen atoms in total. The van der Waals surface area contributed by atoms with Gasteiger partial charge in [0.15, 0.2) is 0 Å². The molecule has 30 heavy (non-hydrogen) atoms. The first-order chi connectivity index (χ1) is 14.5. The van der Waals surface area contributed by atoms with Gasteiger partial charge in [0.2, 0.25) is 11.8 Å². The quantitative estimate of drug-likeness (QED) is 0.575. The maximum absolute atomic E-state index is 13.3. The molecule has 2 aromatic carbocycles. The van der Waals surface area contributed by atoms with Crippen LogP contribution < -0.4 is 5.32 Å². The summed E-state index contributed by atoms with van der Waals surface area (Å²) in [5.41, 5.74) is 3.48. The van der Waals surface area contributed by atoms with Crippen LogP contribution in [0.3, 0.4) is 0 Å². The van der Waals surface area contributed by atoms with E-state index in [1.807, 2.05) is 51.1 Å². The van der Waals surface area contributed by atoms with E-state index in [4.69, 9.17) is 0 Å². The zero-order valence-corrected chi connectivity index (χ0v) is 18.9. The monoisotopic (exact) mass is 408 g/mol. The van der Waals surface area contributed by atoms with Gasteiger partial charge in [-0.05, 0) is 49.3 Å². The van der Waals surface area contributed by atoms with Gasteiger partial charge in [0.25, 0.3) is 0 Å². The summed E-state index contributed by atoms with van der Waals surface area (Å²) >= 11 is 0. The normalized spacial score (nSPS) is 12.8. The number of nitrogens with one attached hydrogen (secondary N) is 1. The number of nitrogens with zero attached hydrogens (tertiary/aromatic N) is 1. The minimum atomic E-state index is -0.464. The van der Waals surface area contributed by atoms with Crippen molar-refractivity contribution in [1.82, 2.24) is 10.2 Å². The molecule has 0 aliphatic heterocycles. The van der Waals surface area contributed by atoms with Crippen LogP contribution >= 0.6 is 0 Å². The Balaban J connectivity index is 2.15. The number of carbonyl (C=O) groups excluding carboxylic acids is 2. The van der Waals surface area contributed by atoms with Gasteiger partial charge in [-0.3, -0.25) is 9.59 Å². The smallest absolute Gasteiger partial charge is 0.243 e. The van der Waals surface area contributed by atoms with E-state index in [9.17, 15) is 9.59 Å². The first-order valence-corrected chi connectivity index (χ1v) is 11.2. The number of hydrogen-bond donors (Lipinski definition) is 1. The highest BCUT2D eigenvalue weighted by atomic mass is 16.2. The van der Waals surface area contributed by atoms with Crippen LogP contribution in [0.15, 0.2) is 54.6 Å². The molecule has 0 unspecified atom stereocenters. The van der Waals surface area contributed by atoms with Crippen molar-refractivity contribution in [2.75, 3.05) is 0 Å². The largest absolute Gasteiger partial charge is 0.352 e. The van der Waals surface area contributed by atoms with Gasteiger partial charge >= 0.3 is 0 Å². The number of amides is 2. The minimum absolute atomic E-state index is 0.0181. The van der Waals surface area contributed by atoms with Crippen molar-refractivity contribution < 1.29 is 9.59 Å².